The highest BCUT2D eigenvalue weighted by atomic mass is 16.5. The van der Waals surface area contributed by atoms with Crippen molar-refractivity contribution in [3.8, 4) is 17.2 Å². The number of phenolic OH excluding ortho intramolecular Hbond substituents is 2. The van der Waals surface area contributed by atoms with Gasteiger partial charge in [0.2, 0.25) is 5.78 Å². The Morgan fingerprint density at radius 2 is 1.57 bits per heavy atom. The third kappa shape index (κ3) is 3.44. The van der Waals surface area contributed by atoms with Gasteiger partial charge in [0, 0.05) is 7.11 Å². The fraction of sp³-hybridized carbons (Fsp3) is 0.235. The molecule has 0 aliphatic carbocycles. The van der Waals surface area contributed by atoms with Gasteiger partial charge in [-0.2, -0.15) is 0 Å². The second-order valence-corrected chi connectivity index (χ2v) is 4.91. The number of aliphatic hydroxyl groups is 1. The van der Waals surface area contributed by atoms with E-state index >= 15 is 0 Å². The van der Waals surface area contributed by atoms with Gasteiger partial charge >= 0.3 is 0 Å². The number of Topliss-reactive ketones (excluding diaryl/α,β-unsaturated/α-hetero) is 1. The van der Waals surface area contributed by atoms with Gasteiger partial charge in [-0.15, -0.1) is 0 Å². The van der Waals surface area contributed by atoms with Crippen LogP contribution in [0.5, 0.6) is 17.2 Å². The molecular weight excluding hydrogens is 300 g/mol. The lowest BCUT2D eigenvalue weighted by molar-refractivity contribution is -0.00456. The lowest BCUT2D eigenvalue weighted by atomic mass is 9.96. The Balaban J connectivity index is 2.31. The molecule has 2 aromatic rings. The Bertz CT molecular complexity index is 660. The molecule has 0 spiro atoms. The molecule has 2 atom stereocenters. The SMILES string of the molecule is COc1ccc([C@H](OC)[C@H](O)C(=O)c2c(O)cccc2O)cc1. The molecular formula is C17H18O6. The van der Waals surface area contributed by atoms with Gasteiger partial charge < -0.3 is 24.8 Å². The quantitative estimate of drug-likeness (QED) is 0.705. The summed E-state index contributed by atoms with van der Waals surface area (Å²) in [6.45, 7) is 0. The van der Waals surface area contributed by atoms with Crippen molar-refractivity contribution in [2.24, 2.45) is 0 Å². The zero-order chi connectivity index (χ0) is 17.0. The Morgan fingerprint density at radius 3 is 2.04 bits per heavy atom. The molecule has 0 heterocycles. The molecule has 122 valence electrons. The average molecular weight is 318 g/mol. The summed E-state index contributed by atoms with van der Waals surface area (Å²) in [7, 11) is 2.89. The molecule has 0 saturated heterocycles. The van der Waals surface area contributed by atoms with Crippen LogP contribution in [0.2, 0.25) is 0 Å². The number of benzene rings is 2. The van der Waals surface area contributed by atoms with Crippen LogP contribution in [0.1, 0.15) is 22.0 Å². The van der Waals surface area contributed by atoms with Crippen molar-refractivity contribution < 1.29 is 29.6 Å². The summed E-state index contributed by atoms with van der Waals surface area (Å²) >= 11 is 0. The Kier molecular flexibility index (Phi) is 5.20. The molecule has 23 heavy (non-hydrogen) atoms. The summed E-state index contributed by atoms with van der Waals surface area (Å²) in [5.41, 5.74) is 0.222. The van der Waals surface area contributed by atoms with E-state index in [0.717, 1.165) is 0 Å². The summed E-state index contributed by atoms with van der Waals surface area (Å²) in [6.07, 6.45) is -2.54. The molecule has 6 nitrogen and oxygen atoms in total. The zero-order valence-corrected chi connectivity index (χ0v) is 12.8. The van der Waals surface area contributed by atoms with Gasteiger partial charge in [0.1, 0.15) is 35.0 Å². The third-order valence-electron chi connectivity index (χ3n) is 3.52. The first-order chi connectivity index (χ1) is 11.0. The van der Waals surface area contributed by atoms with E-state index in [2.05, 4.69) is 0 Å². The first-order valence-corrected chi connectivity index (χ1v) is 6.89. The number of ether oxygens (including phenoxy) is 2. The van der Waals surface area contributed by atoms with Gasteiger partial charge in [0.05, 0.1) is 7.11 Å². The molecule has 0 radical (unpaired) electrons. The number of methoxy groups -OCH3 is 2. The first-order valence-electron chi connectivity index (χ1n) is 6.89. The largest absolute Gasteiger partial charge is 0.507 e. The number of phenols is 2. The van der Waals surface area contributed by atoms with Crippen molar-refractivity contribution in [3.05, 3.63) is 53.6 Å². The van der Waals surface area contributed by atoms with Crippen LogP contribution < -0.4 is 4.74 Å². The lowest BCUT2D eigenvalue weighted by Crippen LogP contribution is -2.29. The second-order valence-electron chi connectivity index (χ2n) is 4.91. The van der Waals surface area contributed by atoms with Gasteiger partial charge in [-0.1, -0.05) is 18.2 Å². The standard InChI is InChI=1S/C17H18O6/c1-22-11-8-6-10(7-9-11)17(23-2)16(21)15(20)14-12(18)4-3-5-13(14)19/h3-9,16-19,21H,1-2H3/t16-,17+/m1/s1. The summed E-state index contributed by atoms with van der Waals surface area (Å²) in [4.78, 5) is 12.4. The summed E-state index contributed by atoms with van der Waals surface area (Å²) in [5, 5.41) is 29.8. The Labute approximate surface area is 133 Å². The number of aliphatic hydroxyl groups excluding tert-OH is 1. The summed E-state index contributed by atoms with van der Waals surface area (Å²) in [6, 6.07) is 10.6. The van der Waals surface area contributed by atoms with Crippen LogP contribution in [-0.2, 0) is 4.74 Å². The highest BCUT2D eigenvalue weighted by Crippen LogP contribution is 2.31. The van der Waals surface area contributed by atoms with Gasteiger partial charge in [-0.3, -0.25) is 4.79 Å². The molecule has 0 unspecified atom stereocenters. The predicted octanol–water partition coefficient (Wildman–Crippen LogP) is 2.04. The van der Waals surface area contributed by atoms with Crippen LogP contribution in [0.3, 0.4) is 0 Å². The molecule has 0 aromatic heterocycles. The molecule has 0 fully saturated rings. The van der Waals surface area contributed by atoms with Crippen LogP contribution in [-0.4, -0.2) is 41.4 Å². The van der Waals surface area contributed by atoms with Crippen molar-refractivity contribution in [3.63, 3.8) is 0 Å². The number of carbonyl (C=O) groups is 1. The van der Waals surface area contributed by atoms with Gasteiger partial charge in [-0.25, -0.2) is 0 Å². The minimum Gasteiger partial charge on any atom is -0.507 e. The number of rotatable bonds is 6. The van der Waals surface area contributed by atoms with E-state index in [9.17, 15) is 20.1 Å². The van der Waals surface area contributed by atoms with Gasteiger partial charge in [-0.05, 0) is 29.8 Å². The third-order valence-corrected chi connectivity index (χ3v) is 3.52. The van der Waals surface area contributed by atoms with E-state index < -0.39 is 29.5 Å². The van der Waals surface area contributed by atoms with Crippen molar-refractivity contribution in [1.82, 2.24) is 0 Å². The zero-order valence-electron chi connectivity index (χ0n) is 12.8. The van der Waals surface area contributed by atoms with E-state index in [1.807, 2.05) is 0 Å². The number of hydrogen-bond acceptors (Lipinski definition) is 6. The number of aromatic hydroxyl groups is 2. The van der Waals surface area contributed by atoms with Gasteiger partial charge in [0.15, 0.2) is 0 Å². The Morgan fingerprint density at radius 1 is 1.00 bits per heavy atom. The van der Waals surface area contributed by atoms with E-state index in [4.69, 9.17) is 9.47 Å². The monoisotopic (exact) mass is 318 g/mol. The molecule has 3 N–H and O–H groups in total. The Hall–Kier alpha value is -2.57. The van der Waals surface area contributed by atoms with Crippen LogP contribution in [0.4, 0.5) is 0 Å². The molecule has 0 saturated carbocycles. The lowest BCUT2D eigenvalue weighted by Gasteiger charge is -2.22. The second kappa shape index (κ2) is 7.13. The molecule has 0 aliphatic heterocycles. The molecule has 0 aliphatic rings. The summed E-state index contributed by atoms with van der Waals surface area (Å²) in [5.74, 6) is -1.01. The molecule has 0 amide bonds. The molecule has 2 aromatic carbocycles. The van der Waals surface area contributed by atoms with Crippen molar-refractivity contribution in [2.75, 3.05) is 14.2 Å². The van der Waals surface area contributed by atoms with E-state index in [0.29, 0.717) is 11.3 Å². The van der Waals surface area contributed by atoms with Crippen molar-refractivity contribution >= 4 is 5.78 Å². The number of carbonyl (C=O) groups excluding carboxylic acids is 1. The van der Waals surface area contributed by atoms with E-state index in [1.165, 1.54) is 32.4 Å². The normalized spacial score (nSPS) is 13.3. The van der Waals surface area contributed by atoms with Gasteiger partial charge in [0.25, 0.3) is 0 Å². The van der Waals surface area contributed by atoms with Crippen LogP contribution in [0.25, 0.3) is 0 Å². The molecule has 2 rings (SSSR count). The number of hydrogen-bond donors (Lipinski definition) is 3. The van der Waals surface area contributed by atoms with Crippen molar-refractivity contribution in [1.29, 1.82) is 0 Å². The van der Waals surface area contributed by atoms with Crippen LogP contribution >= 0.6 is 0 Å². The fourth-order valence-electron chi connectivity index (χ4n) is 2.31. The predicted molar refractivity (Wildman–Crippen MR) is 82.9 cm³/mol. The summed E-state index contributed by atoms with van der Waals surface area (Å²) < 4.78 is 10.3. The van der Waals surface area contributed by atoms with Crippen LogP contribution in [0.15, 0.2) is 42.5 Å². The molecule has 0 bridgehead atoms. The maximum absolute atomic E-state index is 12.4. The maximum atomic E-state index is 12.4. The first kappa shape index (κ1) is 16.8. The van der Waals surface area contributed by atoms with E-state index in [-0.39, 0.29) is 5.56 Å². The fourth-order valence-corrected chi connectivity index (χ4v) is 2.31. The minimum absolute atomic E-state index is 0.337. The average Bonchev–Trinajstić information content (AvgIpc) is 2.55. The highest BCUT2D eigenvalue weighted by Gasteiger charge is 2.31. The molecule has 6 heteroatoms. The van der Waals surface area contributed by atoms with E-state index in [1.54, 1.807) is 24.3 Å². The highest BCUT2D eigenvalue weighted by molar-refractivity contribution is 6.04. The minimum atomic E-state index is -1.59. The van der Waals surface area contributed by atoms with Crippen molar-refractivity contribution in [2.45, 2.75) is 12.2 Å². The smallest absolute Gasteiger partial charge is 0.201 e. The van der Waals surface area contributed by atoms with Crippen LogP contribution in [0, 0.1) is 0 Å². The maximum Gasteiger partial charge on any atom is 0.201 e. The topological polar surface area (TPSA) is 96.2 Å². The number of ketones is 1.